The first kappa shape index (κ1) is 21.1. The number of carbonyl (C=O) groups is 1. The lowest BCUT2D eigenvalue weighted by Crippen LogP contribution is -2.11. The SMILES string of the molecule is N#Cc1ccc(-c2cc(F)cc(Nc3ncc(C4CC4)nc3C(=O)O)c2OC(F)F)cc1. The van der Waals surface area contributed by atoms with Crippen molar-refractivity contribution in [1.29, 1.82) is 5.26 Å². The average Bonchev–Trinajstić information content (AvgIpc) is 3.61. The number of ether oxygens (including phenoxy) is 1. The maximum absolute atomic E-state index is 14.4. The Morgan fingerprint density at radius 1 is 1.25 bits per heavy atom. The zero-order valence-electron chi connectivity index (χ0n) is 16.3. The quantitative estimate of drug-likeness (QED) is 0.528. The maximum atomic E-state index is 14.4. The van der Waals surface area contributed by atoms with Gasteiger partial charge in [0.05, 0.1) is 29.2 Å². The maximum Gasteiger partial charge on any atom is 0.387 e. The van der Waals surface area contributed by atoms with Gasteiger partial charge in [0.1, 0.15) is 5.82 Å². The Balaban J connectivity index is 1.81. The molecule has 3 aromatic rings. The van der Waals surface area contributed by atoms with Crippen molar-refractivity contribution in [3.8, 4) is 22.9 Å². The molecule has 1 aromatic heterocycles. The molecule has 0 spiro atoms. The van der Waals surface area contributed by atoms with Crippen LogP contribution in [-0.2, 0) is 0 Å². The third kappa shape index (κ3) is 4.46. The van der Waals surface area contributed by atoms with Gasteiger partial charge in [0, 0.05) is 17.5 Å². The Bertz CT molecular complexity index is 1220. The van der Waals surface area contributed by atoms with Gasteiger partial charge in [-0.3, -0.25) is 0 Å². The highest BCUT2D eigenvalue weighted by atomic mass is 19.3. The normalized spacial score (nSPS) is 13.0. The van der Waals surface area contributed by atoms with Crippen molar-refractivity contribution in [3.05, 3.63) is 65.4 Å². The monoisotopic (exact) mass is 440 g/mol. The Hall–Kier alpha value is -4.13. The molecule has 1 aliphatic carbocycles. The number of hydrogen-bond donors (Lipinski definition) is 2. The van der Waals surface area contributed by atoms with Gasteiger partial charge in [0.15, 0.2) is 17.3 Å². The second-order valence-corrected chi connectivity index (χ2v) is 7.09. The van der Waals surface area contributed by atoms with Crippen LogP contribution in [-0.4, -0.2) is 27.7 Å². The molecular formula is C22H15F3N4O3. The van der Waals surface area contributed by atoms with Gasteiger partial charge in [0.2, 0.25) is 0 Å². The second kappa shape index (κ2) is 8.55. The van der Waals surface area contributed by atoms with E-state index in [4.69, 9.17) is 5.26 Å². The third-order valence-electron chi connectivity index (χ3n) is 4.83. The number of rotatable bonds is 7. The van der Waals surface area contributed by atoms with E-state index in [-0.39, 0.29) is 23.0 Å². The van der Waals surface area contributed by atoms with E-state index in [0.717, 1.165) is 25.0 Å². The fraction of sp³-hybridized carbons (Fsp3) is 0.182. The van der Waals surface area contributed by atoms with E-state index < -0.39 is 29.8 Å². The molecule has 0 amide bonds. The first-order chi connectivity index (χ1) is 15.4. The van der Waals surface area contributed by atoms with Gasteiger partial charge in [-0.1, -0.05) is 12.1 Å². The van der Waals surface area contributed by atoms with Crippen molar-refractivity contribution in [1.82, 2.24) is 9.97 Å². The lowest BCUT2D eigenvalue weighted by Gasteiger charge is -2.18. The van der Waals surface area contributed by atoms with Crippen molar-refractivity contribution >= 4 is 17.5 Å². The summed E-state index contributed by atoms with van der Waals surface area (Å²) in [5, 5.41) is 21.1. The molecule has 162 valence electrons. The summed E-state index contributed by atoms with van der Waals surface area (Å²) < 4.78 is 45.5. The average molecular weight is 440 g/mol. The van der Waals surface area contributed by atoms with Gasteiger partial charge in [-0.15, -0.1) is 0 Å². The number of nitrogens with zero attached hydrogens (tertiary/aromatic N) is 3. The summed E-state index contributed by atoms with van der Waals surface area (Å²) in [6.45, 7) is -3.24. The van der Waals surface area contributed by atoms with Crippen molar-refractivity contribution in [2.75, 3.05) is 5.32 Å². The van der Waals surface area contributed by atoms with Gasteiger partial charge in [-0.2, -0.15) is 14.0 Å². The first-order valence-corrected chi connectivity index (χ1v) is 9.52. The van der Waals surface area contributed by atoms with E-state index >= 15 is 0 Å². The summed E-state index contributed by atoms with van der Waals surface area (Å²) in [7, 11) is 0. The number of halogens is 3. The molecular weight excluding hydrogens is 425 g/mol. The van der Waals surface area contributed by atoms with Gasteiger partial charge < -0.3 is 15.2 Å². The van der Waals surface area contributed by atoms with Crippen LogP contribution in [0.25, 0.3) is 11.1 Å². The van der Waals surface area contributed by atoms with Crippen molar-refractivity contribution in [2.24, 2.45) is 0 Å². The molecule has 10 heteroatoms. The number of hydrogen-bond acceptors (Lipinski definition) is 6. The summed E-state index contributed by atoms with van der Waals surface area (Å²) >= 11 is 0. The molecule has 1 fully saturated rings. The summed E-state index contributed by atoms with van der Waals surface area (Å²) in [5.74, 6) is -2.66. The molecule has 32 heavy (non-hydrogen) atoms. The molecule has 1 heterocycles. The predicted octanol–water partition coefficient (Wildman–Crippen LogP) is 5.07. The van der Waals surface area contributed by atoms with Gasteiger partial charge in [-0.05, 0) is 36.6 Å². The Kier molecular flexibility index (Phi) is 5.64. The van der Waals surface area contributed by atoms with E-state index in [9.17, 15) is 23.1 Å². The highest BCUT2D eigenvalue weighted by Crippen LogP contribution is 2.41. The number of carboxylic acid groups (broad SMARTS) is 1. The van der Waals surface area contributed by atoms with E-state index in [1.54, 1.807) is 0 Å². The van der Waals surface area contributed by atoms with Gasteiger partial charge in [-0.25, -0.2) is 19.2 Å². The molecule has 0 saturated heterocycles. The van der Waals surface area contributed by atoms with Crippen LogP contribution in [0.3, 0.4) is 0 Å². The zero-order valence-corrected chi connectivity index (χ0v) is 16.3. The summed E-state index contributed by atoms with van der Waals surface area (Å²) in [5.41, 5.74) is 0.487. The van der Waals surface area contributed by atoms with Crippen LogP contribution in [0.1, 0.15) is 40.5 Å². The zero-order chi connectivity index (χ0) is 22.8. The van der Waals surface area contributed by atoms with E-state index in [1.165, 1.54) is 30.5 Å². The topological polar surface area (TPSA) is 108 Å². The Morgan fingerprint density at radius 2 is 1.97 bits per heavy atom. The van der Waals surface area contributed by atoms with E-state index in [0.29, 0.717) is 16.8 Å². The fourth-order valence-corrected chi connectivity index (χ4v) is 3.19. The lowest BCUT2D eigenvalue weighted by molar-refractivity contribution is -0.0490. The largest absolute Gasteiger partial charge is 0.476 e. The number of carboxylic acids is 1. The smallest absolute Gasteiger partial charge is 0.387 e. The standard InChI is InChI=1S/C22H15F3N4O3/c23-14-7-15(12-3-1-11(9-26)2-4-12)19(32-22(24)25)16(8-14)29-20-18(21(30)31)28-17(10-27-20)13-5-6-13/h1-4,7-8,10,13,22H,5-6H2,(H,27,29)(H,30,31). The highest BCUT2D eigenvalue weighted by Gasteiger charge is 2.28. The molecule has 0 bridgehead atoms. The first-order valence-electron chi connectivity index (χ1n) is 9.52. The minimum absolute atomic E-state index is 0.0169. The molecule has 1 saturated carbocycles. The van der Waals surface area contributed by atoms with E-state index in [2.05, 4.69) is 20.0 Å². The van der Waals surface area contributed by atoms with Crippen LogP contribution in [0, 0.1) is 17.1 Å². The Labute approximate surface area is 180 Å². The lowest BCUT2D eigenvalue weighted by atomic mass is 10.0. The molecule has 7 nitrogen and oxygen atoms in total. The summed E-state index contributed by atoms with van der Waals surface area (Å²) in [4.78, 5) is 19.9. The van der Waals surface area contributed by atoms with Gasteiger partial charge in [0.25, 0.3) is 0 Å². The van der Waals surface area contributed by atoms with E-state index in [1.807, 2.05) is 6.07 Å². The fourth-order valence-electron chi connectivity index (χ4n) is 3.19. The molecule has 0 unspecified atom stereocenters. The molecule has 0 aliphatic heterocycles. The molecule has 0 radical (unpaired) electrons. The van der Waals surface area contributed by atoms with Crippen molar-refractivity contribution in [2.45, 2.75) is 25.4 Å². The second-order valence-electron chi connectivity index (χ2n) is 7.09. The molecule has 0 atom stereocenters. The van der Waals surface area contributed by atoms with Crippen LogP contribution >= 0.6 is 0 Å². The number of alkyl halides is 2. The molecule has 1 aliphatic rings. The molecule has 4 rings (SSSR count). The van der Waals surface area contributed by atoms with Crippen LogP contribution in [0.4, 0.5) is 24.7 Å². The third-order valence-corrected chi connectivity index (χ3v) is 4.83. The minimum atomic E-state index is -3.24. The van der Waals surface area contributed by atoms with Crippen LogP contribution in [0.5, 0.6) is 5.75 Å². The molecule has 2 N–H and O–H groups in total. The van der Waals surface area contributed by atoms with Crippen molar-refractivity contribution in [3.63, 3.8) is 0 Å². The number of aromatic nitrogens is 2. The van der Waals surface area contributed by atoms with Crippen LogP contribution in [0.2, 0.25) is 0 Å². The van der Waals surface area contributed by atoms with Crippen LogP contribution < -0.4 is 10.1 Å². The van der Waals surface area contributed by atoms with Crippen LogP contribution in [0.15, 0.2) is 42.6 Å². The Morgan fingerprint density at radius 3 is 2.56 bits per heavy atom. The van der Waals surface area contributed by atoms with Crippen molar-refractivity contribution < 1.29 is 27.8 Å². The number of nitrogens with one attached hydrogen (secondary N) is 1. The molecule has 2 aromatic carbocycles. The number of nitriles is 1. The number of aromatic carboxylic acids is 1. The number of anilines is 2. The summed E-state index contributed by atoms with van der Waals surface area (Å²) in [6.07, 6.45) is 3.16. The predicted molar refractivity (Wildman–Crippen MR) is 107 cm³/mol. The minimum Gasteiger partial charge on any atom is -0.476 e. The summed E-state index contributed by atoms with van der Waals surface area (Å²) in [6, 6.07) is 9.65. The highest BCUT2D eigenvalue weighted by molar-refractivity contribution is 5.92. The van der Waals surface area contributed by atoms with Gasteiger partial charge >= 0.3 is 12.6 Å². The number of benzene rings is 2.